The molecule has 0 fully saturated rings. The second-order valence-corrected chi connectivity index (χ2v) is 5.66. The molecule has 0 saturated heterocycles. The molecular weight excluding hydrogens is 259 g/mol. The third-order valence-corrected chi connectivity index (χ3v) is 3.76. The van der Waals surface area contributed by atoms with E-state index in [2.05, 4.69) is 10.2 Å². The second-order valence-electron chi connectivity index (χ2n) is 5.66. The van der Waals surface area contributed by atoms with Crippen LogP contribution >= 0.6 is 0 Å². The average molecular weight is 278 g/mol. The number of aromatic amines is 1. The molecule has 0 aliphatic heterocycles. The number of aliphatic hydroxyl groups is 1. The smallest absolute Gasteiger partial charge is 0.402 e. The number of hydrogen-bond acceptors (Lipinski definition) is 5. The fraction of sp³-hybridized carbons (Fsp3) is 0.462. The minimum Gasteiger partial charge on any atom is -0.402 e. The summed E-state index contributed by atoms with van der Waals surface area (Å²) in [5.74, 6) is 0. The molecule has 0 radical (unpaired) electrons. The topological polar surface area (TPSA) is 98.6 Å². The molecule has 0 amide bonds. The molecule has 1 heterocycles. The van der Waals surface area contributed by atoms with Crippen LogP contribution in [0, 0.1) is 0 Å². The van der Waals surface area contributed by atoms with E-state index in [0.717, 1.165) is 16.5 Å². The molecule has 1 atom stereocenters. The first-order chi connectivity index (χ1) is 9.23. The summed E-state index contributed by atoms with van der Waals surface area (Å²) in [7, 11) is -1.95. The van der Waals surface area contributed by atoms with E-state index in [1.54, 1.807) is 27.0 Å². The van der Waals surface area contributed by atoms with Crippen molar-refractivity contribution >= 4 is 18.2 Å². The molecule has 0 spiro atoms. The van der Waals surface area contributed by atoms with Gasteiger partial charge >= 0.3 is 7.32 Å². The lowest BCUT2D eigenvalue weighted by Crippen LogP contribution is -2.54. The molecule has 1 unspecified atom stereocenters. The van der Waals surface area contributed by atoms with Crippen molar-refractivity contribution in [1.82, 2.24) is 10.2 Å². The summed E-state index contributed by atoms with van der Waals surface area (Å²) in [6, 6.07) is 5.67. The SMILES string of the molecule is CC(C)(O)C(C)(Cc1cccc2[nH]ncc12)OB(O)O. The molecule has 108 valence electrons. The van der Waals surface area contributed by atoms with Gasteiger partial charge in [-0.15, -0.1) is 0 Å². The van der Waals surface area contributed by atoms with Crippen LogP contribution in [-0.2, 0) is 11.1 Å². The van der Waals surface area contributed by atoms with Crippen molar-refractivity contribution in [3.8, 4) is 0 Å². The van der Waals surface area contributed by atoms with E-state index in [-0.39, 0.29) is 0 Å². The van der Waals surface area contributed by atoms with Gasteiger partial charge in [-0.1, -0.05) is 12.1 Å². The zero-order valence-corrected chi connectivity index (χ0v) is 11.8. The molecule has 1 aromatic heterocycles. The molecule has 0 bridgehead atoms. The van der Waals surface area contributed by atoms with E-state index in [9.17, 15) is 5.11 Å². The fourth-order valence-electron chi connectivity index (χ4n) is 2.18. The lowest BCUT2D eigenvalue weighted by atomic mass is 9.80. The number of H-pyrrole nitrogens is 1. The Morgan fingerprint density at radius 1 is 1.30 bits per heavy atom. The molecule has 20 heavy (non-hydrogen) atoms. The van der Waals surface area contributed by atoms with Gasteiger partial charge in [0.25, 0.3) is 0 Å². The Morgan fingerprint density at radius 2 is 2.00 bits per heavy atom. The van der Waals surface area contributed by atoms with Crippen LogP contribution in [0.2, 0.25) is 0 Å². The van der Waals surface area contributed by atoms with Crippen LogP contribution in [0.1, 0.15) is 26.3 Å². The maximum absolute atomic E-state index is 10.3. The van der Waals surface area contributed by atoms with Gasteiger partial charge in [-0.25, -0.2) is 0 Å². The lowest BCUT2D eigenvalue weighted by molar-refractivity contribution is -0.119. The van der Waals surface area contributed by atoms with Crippen molar-refractivity contribution in [2.24, 2.45) is 0 Å². The first kappa shape index (κ1) is 15.0. The van der Waals surface area contributed by atoms with Crippen LogP contribution in [0.5, 0.6) is 0 Å². The van der Waals surface area contributed by atoms with Crippen LogP contribution in [0.25, 0.3) is 10.9 Å². The van der Waals surface area contributed by atoms with E-state index in [1.165, 1.54) is 0 Å². The summed E-state index contributed by atoms with van der Waals surface area (Å²) in [4.78, 5) is 0. The van der Waals surface area contributed by atoms with Crippen molar-refractivity contribution in [1.29, 1.82) is 0 Å². The highest BCUT2D eigenvalue weighted by Gasteiger charge is 2.43. The predicted molar refractivity (Wildman–Crippen MR) is 75.8 cm³/mol. The molecule has 4 N–H and O–H groups in total. The van der Waals surface area contributed by atoms with Gasteiger partial charge in [0.15, 0.2) is 0 Å². The Hall–Kier alpha value is -1.41. The predicted octanol–water partition coefficient (Wildman–Crippen LogP) is 0.621. The van der Waals surface area contributed by atoms with Crippen LogP contribution in [0.3, 0.4) is 0 Å². The summed E-state index contributed by atoms with van der Waals surface area (Å²) in [5, 5.41) is 36.3. The molecule has 2 aromatic rings. The normalized spacial score (nSPS) is 15.3. The van der Waals surface area contributed by atoms with E-state index < -0.39 is 18.5 Å². The van der Waals surface area contributed by atoms with Crippen LogP contribution in [0.15, 0.2) is 24.4 Å². The number of nitrogens with one attached hydrogen (secondary N) is 1. The largest absolute Gasteiger partial charge is 0.634 e. The average Bonchev–Trinajstić information content (AvgIpc) is 2.75. The van der Waals surface area contributed by atoms with Gasteiger partial charge in [0.1, 0.15) is 0 Å². The van der Waals surface area contributed by atoms with Crippen molar-refractivity contribution in [2.45, 2.75) is 38.4 Å². The van der Waals surface area contributed by atoms with Crippen molar-refractivity contribution in [3.63, 3.8) is 0 Å². The zero-order valence-electron chi connectivity index (χ0n) is 11.8. The van der Waals surface area contributed by atoms with Crippen LogP contribution < -0.4 is 0 Å². The minimum absolute atomic E-state index is 0.311. The monoisotopic (exact) mass is 278 g/mol. The molecule has 0 aliphatic rings. The Bertz CT molecular complexity index is 593. The molecule has 7 heteroatoms. The summed E-state index contributed by atoms with van der Waals surface area (Å²) in [6.45, 7) is 4.79. The summed E-state index contributed by atoms with van der Waals surface area (Å²) in [6.07, 6.45) is 2.01. The van der Waals surface area contributed by atoms with E-state index >= 15 is 0 Å². The quantitative estimate of drug-likeness (QED) is 0.601. The van der Waals surface area contributed by atoms with Crippen LogP contribution in [0.4, 0.5) is 0 Å². The van der Waals surface area contributed by atoms with E-state index in [1.807, 2.05) is 18.2 Å². The highest BCUT2D eigenvalue weighted by Crippen LogP contribution is 2.32. The highest BCUT2D eigenvalue weighted by atomic mass is 16.6. The zero-order chi connectivity index (χ0) is 15.0. The van der Waals surface area contributed by atoms with E-state index in [4.69, 9.17) is 14.7 Å². The maximum Gasteiger partial charge on any atom is 0.634 e. The van der Waals surface area contributed by atoms with Crippen molar-refractivity contribution in [2.75, 3.05) is 0 Å². The summed E-state index contributed by atoms with van der Waals surface area (Å²) >= 11 is 0. The minimum atomic E-state index is -1.95. The number of aromatic nitrogens is 2. The first-order valence-corrected chi connectivity index (χ1v) is 6.40. The number of nitrogens with zero attached hydrogens (tertiary/aromatic N) is 1. The molecule has 0 saturated carbocycles. The Morgan fingerprint density at radius 3 is 2.60 bits per heavy atom. The first-order valence-electron chi connectivity index (χ1n) is 6.40. The number of benzene rings is 1. The van der Waals surface area contributed by atoms with Gasteiger partial charge in [-0.05, 0) is 32.4 Å². The maximum atomic E-state index is 10.3. The molecule has 6 nitrogen and oxygen atoms in total. The summed E-state index contributed by atoms with van der Waals surface area (Å²) in [5.41, 5.74) is -0.637. The number of fused-ring (bicyclic) bond motifs is 1. The van der Waals surface area contributed by atoms with Gasteiger partial charge in [0.2, 0.25) is 0 Å². The molecule has 0 aliphatic carbocycles. The Labute approximate surface area is 117 Å². The van der Waals surface area contributed by atoms with Gasteiger partial charge in [-0.3, -0.25) is 5.10 Å². The third-order valence-electron chi connectivity index (χ3n) is 3.76. The van der Waals surface area contributed by atoms with Gasteiger partial charge in [-0.2, -0.15) is 5.10 Å². The molecule has 2 rings (SSSR count). The third kappa shape index (κ3) is 2.86. The molecule has 1 aromatic carbocycles. The van der Waals surface area contributed by atoms with Gasteiger partial charge in [0.05, 0.1) is 22.9 Å². The van der Waals surface area contributed by atoms with E-state index in [0.29, 0.717) is 6.42 Å². The van der Waals surface area contributed by atoms with Gasteiger partial charge in [0, 0.05) is 11.8 Å². The number of hydrogen-bond donors (Lipinski definition) is 4. The highest BCUT2D eigenvalue weighted by molar-refractivity contribution is 6.32. The summed E-state index contributed by atoms with van der Waals surface area (Å²) < 4.78 is 5.16. The Balaban J connectivity index is 2.40. The fourth-order valence-corrected chi connectivity index (χ4v) is 2.18. The van der Waals surface area contributed by atoms with Crippen molar-refractivity contribution in [3.05, 3.63) is 30.0 Å². The Kier molecular flexibility index (Phi) is 3.88. The molecular formula is C13H19BN2O4. The van der Waals surface area contributed by atoms with Crippen LogP contribution in [-0.4, -0.2) is 43.9 Å². The standard InChI is InChI=1S/C13H19BN2O4/c1-12(2,17)13(3,20-14(18)19)7-9-5-4-6-11-10(9)8-15-16-11/h4-6,8,17-19H,7H2,1-3H3,(H,15,16). The number of rotatable bonds is 5. The van der Waals surface area contributed by atoms with Crippen molar-refractivity contribution < 1.29 is 19.8 Å². The second kappa shape index (κ2) is 5.18. The lowest BCUT2D eigenvalue weighted by Gasteiger charge is -2.40. The van der Waals surface area contributed by atoms with Gasteiger partial charge < -0.3 is 19.8 Å².